The van der Waals surface area contributed by atoms with Gasteiger partial charge in [0.1, 0.15) is 0 Å². The molecule has 0 aromatic heterocycles. The monoisotopic (exact) mass is 244 g/mol. The van der Waals surface area contributed by atoms with Crippen LogP contribution in [0.3, 0.4) is 0 Å². The Balaban J connectivity index is 2.32. The standard InChI is InChI=1S/C12H15F3N2/c1-10(2,3)8-4-6-9(7-5-8)11(16-17-11)12(13,14)15/h4-7,16-17H,1-3H3. The van der Waals surface area contributed by atoms with Crippen LogP contribution in [-0.4, -0.2) is 6.18 Å². The molecule has 1 fully saturated rings. The third kappa shape index (κ3) is 2.05. The zero-order chi connectivity index (χ0) is 12.9. The maximum absolute atomic E-state index is 12.8. The van der Waals surface area contributed by atoms with Gasteiger partial charge in [-0.3, -0.25) is 0 Å². The molecule has 2 rings (SSSR count). The van der Waals surface area contributed by atoms with Crippen LogP contribution in [0, 0.1) is 0 Å². The highest BCUT2D eigenvalue weighted by Crippen LogP contribution is 2.42. The van der Waals surface area contributed by atoms with Crippen molar-refractivity contribution < 1.29 is 13.2 Å². The van der Waals surface area contributed by atoms with Crippen LogP contribution in [0.5, 0.6) is 0 Å². The van der Waals surface area contributed by atoms with Crippen molar-refractivity contribution in [1.29, 1.82) is 0 Å². The summed E-state index contributed by atoms with van der Waals surface area (Å²) >= 11 is 0. The molecule has 1 saturated heterocycles. The SMILES string of the molecule is CC(C)(C)c1ccc(C2(C(F)(F)F)NN2)cc1. The average Bonchev–Trinajstić information content (AvgIpc) is 2.96. The molecule has 1 aromatic carbocycles. The Kier molecular flexibility index (Phi) is 2.52. The first kappa shape index (κ1) is 12.4. The van der Waals surface area contributed by atoms with Gasteiger partial charge in [-0.1, -0.05) is 45.0 Å². The zero-order valence-electron chi connectivity index (χ0n) is 9.94. The van der Waals surface area contributed by atoms with Crippen LogP contribution < -0.4 is 10.9 Å². The Morgan fingerprint density at radius 3 is 1.71 bits per heavy atom. The quantitative estimate of drug-likeness (QED) is 0.746. The van der Waals surface area contributed by atoms with Gasteiger partial charge in [-0.2, -0.15) is 13.2 Å². The van der Waals surface area contributed by atoms with Gasteiger partial charge in [-0.15, -0.1) is 0 Å². The molecule has 2 N–H and O–H groups in total. The summed E-state index contributed by atoms with van der Waals surface area (Å²) in [5.41, 5.74) is 3.47. The van der Waals surface area contributed by atoms with Gasteiger partial charge in [0.05, 0.1) is 0 Å². The van der Waals surface area contributed by atoms with E-state index in [-0.39, 0.29) is 11.0 Å². The van der Waals surface area contributed by atoms with Crippen LogP contribution in [0.2, 0.25) is 0 Å². The van der Waals surface area contributed by atoms with E-state index in [0.29, 0.717) is 0 Å². The highest BCUT2D eigenvalue weighted by molar-refractivity contribution is 5.35. The molecule has 1 aromatic rings. The minimum absolute atomic E-state index is 0.0612. The van der Waals surface area contributed by atoms with Crippen molar-refractivity contribution >= 4 is 0 Å². The second kappa shape index (κ2) is 3.46. The van der Waals surface area contributed by atoms with Gasteiger partial charge in [-0.05, 0) is 16.5 Å². The minimum atomic E-state index is -4.34. The van der Waals surface area contributed by atoms with Gasteiger partial charge in [0.15, 0.2) is 0 Å². The molecule has 0 amide bonds. The summed E-state index contributed by atoms with van der Waals surface area (Å²) in [5.74, 6) is 0. The predicted molar refractivity (Wildman–Crippen MR) is 59.1 cm³/mol. The molecule has 0 spiro atoms. The first-order valence-electron chi connectivity index (χ1n) is 5.39. The number of alkyl halides is 3. The molecule has 2 nitrogen and oxygen atoms in total. The fourth-order valence-electron chi connectivity index (χ4n) is 1.73. The minimum Gasteiger partial charge on any atom is -0.223 e. The average molecular weight is 244 g/mol. The summed E-state index contributed by atoms with van der Waals surface area (Å²) in [6.07, 6.45) is -4.34. The van der Waals surface area contributed by atoms with Gasteiger partial charge in [0.25, 0.3) is 0 Å². The van der Waals surface area contributed by atoms with Crippen molar-refractivity contribution in [2.24, 2.45) is 0 Å². The number of hydrogen-bond acceptors (Lipinski definition) is 2. The smallest absolute Gasteiger partial charge is 0.223 e. The van der Waals surface area contributed by atoms with Crippen LogP contribution in [0.25, 0.3) is 0 Å². The van der Waals surface area contributed by atoms with E-state index in [2.05, 4.69) is 10.9 Å². The summed E-state index contributed by atoms with van der Waals surface area (Å²) in [5, 5.41) is 0. The van der Waals surface area contributed by atoms with Gasteiger partial charge < -0.3 is 0 Å². The van der Waals surface area contributed by atoms with E-state index < -0.39 is 11.8 Å². The van der Waals surface area contributed by atoms with Crippen molar-refractivity contribution in [2.75, 3.05) is 0 Å². The normalized spacial score (nSPS) is 19.2. The van der Waals surface area contributed by atoms with E-state index in [4.69, 9.17) is 0 Å². The number of hydrazine groups is 1. The van der Waals surface area contributed by atoms with Gasteiger partial charge in [-0.25, -0.2) is 10.9 Å². The van der Waals surface area contributed by atoms with E-state index in [1.54, 1.807) is 12.1 Å². The van der Waals surface area contributed by atoms with Crippen molar-refractivity contribution in [1.82, 2.24) is 10.9 Å². The lowest BCUT2D eigenvalue weighted by Crippen LogP contribution is -2.34. The predicted octanol–water partition coefficient (Wildman–Crippen LogP) is 2.81. The number of nitrogens with one attached hydrogen (secondary N) is 2. The van der Waals surface area contributed by atoms with Gasteiger partial charge in [0.2, 0.25) is 5.66 Å². The topological polar surface area (TPSA) is 43.9 Å². The van der Waals surface area contributed by atoms with Crippen molar-refractivity contribution in [3.8, 4) is 0 Å². The summed E-state index contributed by atoms with van der Waals surface area (Å²) in [6, 6.07) is 6.51. The van der Waals surface area contributed by atoms with E-state index in [0.717, 1.165) is 5.56 Å². The lowest BCUT2D eigenvalue weighted by Gasteiger charge is -2.21. The molecular weight excluding hydrogens is 229 g/mol. The van der Waals surface area contributed by atoms with Crippen LogP contribution in [-0.2, 0) is 11.1 Å². The maximum atomic E-state index is 12.8. The van der Waals surface area contributed by atoms with Crippen molar-refractivity contribution in [2.45, 2.75) is 38.0 Å². The van der Waals surface area contributed by atoms with Gasteiger partial charge in [0, 0.05) is 0 Å². The molecule has 94 valence electrons. The molecule has 0 saturated carbocycles. The van der Waals surface area contributed by atoms with E-state index in [9.17, 15) is 13.2 Å². The summed E-state index contributed by atoms with van der Waals surface area (Å²) < 4.78 is 38.4. The van der Waals surface area contributed by atoms with Crippen molar-refractivity contribution in [3.63, 3.8) is 0 Å². The van der Waals surface area contributed by atoms with E-state index >= 15 is 0 Å². The highest BCUT2D eigenvalue weighted by atomic mass is 19.4. The Morgan fingerprint density at radius 2 is 1.41 bits per heavy atom. The fourth-order valence-corrected chi connectivity index (χ4v) is 1.73. The number of benzene rings is 1. The molecule has 5 heteroatoms. The van der Waals surface area contributed by atoms with E-state index in [1.165, 1.54) is 12.1 Å². The van der Waals surface area contributed by atoms with Crippen LogP contribution >= 0.6 is 0 Å². The molecule has 1 aliphatic rings. The van der Waals surface area contributed by atoms with Crippen LogP contribution in [0.4, 0.5) is 13.2 Å². The van der Waals surface area contributed by atoms with Gasteiger partial charge >= 0.3 is 6.18 Å². The Morgan fingerprint density at radius 1 is 0.941 bits per heavy atom. The first-order chi connectivity index (χ1) is 7.67. The van der Waals surface area contributed by atoms with E-state index in [1.807, 2.05) is 20.8 Å². The molecule has 17 heavy (non-hydrogen) atoms. The molecule has 1 heterocycles. The van der Waals surface area contributed by atoms with Crippen LogP contribution in [0.15, 0.2) is 24.3 Å². The summed E-state index contributed by atoms with van der Waals surface area (Å²) in [7, 11) is 0. The second-order valence-electron chi connectivity index (χ2n) is 5.33. The fraction of sp³-hybridized carbons (Fsp3) is 0.500. The Bertz CT molecular complexity index is 411. The molecule has 1 aliphatic heterocycles. The lowest BCUT2D eigenvalue weighted by molar-refractivity contribution is -0.165. The summed E-state index contributed by atoms with van der Waals surface area (Å²) in [6.45, 7) is 6.07. The molecule has 0 unspecified atom stereocenters. The third-order valence-electron chi connectivity index (χ3n) is 2.98. The molecule has 0 atom stereocenters. The lowest BCUT2D eigenvalue weighted by atomic mass is 9.86. The van der Waals surface area contributed by atoms with Crippen LogP contribution in [0.1, 0.15) is 31.9 Å². The van der Waals surface area contributed by atoms with Crippen molar-refractivity contribution in [3.05, 3.63) is 35.4 Å². The molecule has 0 aliphatic carbocycles. The Hall–Kier alpha value is -1.07. The largest absolute Gasteiger partial charge is 0.426 e. The first-order valence-corrected chi connectivity index (χ1v) is 5.39. The molecular formula is C12H15F3N2. The molecule has 0 bridgehead atoms. The number of hydrogen-bond donors (Lipinski definition) is 2. The number of halogens is 3. The highest BCUT2D eigenvalue weighted by Gasteiger charge is 2.65. The summed E-state index contributed by atoms with van der Waals surface area (Å²) in [4.78, 5) is 0. The maximum Gasteiger partial charge on any atom is 0.426 e. The second-order valence-corrected chi connectivity index (χ2v) is 5.33. The Labute approximate surface area is 98.2 Å². The third-order valence-corrected chi connectivity index (χ3v) is 2.98. The molecule has 0 radical (unpaired) electrons. The zero-order valence-corrected chi connectivity index (χ0v) is 9.94. The number of rotatable bonds is 1.